The fourth-order valence-corrected chi connectivity index (χ4v) is 2.67. The maximum absolute atomic E-state index is 5.92. The zero-order chi connectivity index (χ0) is 10.0. The lowest BCUT2D eigenvalue weighted by Crippen LogP contribution is -2.60. The zero-order valence-electron chi connectivity index (χ0n) is 8.80. The van der Waals surface area contributed by atoms with E-state index >= 15 is 0 Å². The molecular weight excluding hydrogens is 194 g/mol. The molecular formula is C11H17NOS. The van der Waals surface area contributed by atoms with Crippen molar-refractivity contribution in [1.29, 1.82) is 0 Å². The number of hydrogen-bond acceptors (Lipinski definition) is 3. The van der Waals surface area contributed by atoms with Crippen LogP contribution in [0.3, 0.4) is 0 Å². The summed E-state index contributed by atoms with van der Waals surface area (Å²) >= 11 is 1.78. The molecule has 2 heterocycles. The van der Waals surface area contributed by atoms with Gasteiger partial charge in [0.1, 0.15) is 5.60 Å². The lowest BCUT2D eigenvalue weighted by molar-refractivity contribution is 0.0386. The van der Waals surface area contributed by atoms with E-state index in [-0.39, 0.29) is 5.60 Å². The van der Waals surface area contributed by atoms with Gasteiger partial charge in [-0.05, 0) is 25.5 Å². The summed E-state index contributed by atoms with van der Waals surface area (Å²) in [6.07, 6.45) is 2.38. The molecule has 14 heavy (non-hydrogen) atoms. The first-order valence-corrected chi connectivity index (χ1v) is 6.02. The Kier molecular flexibility index (Phi) is 2.79. The molecule has 1 aromatic rings. The van der Waals surface area contributed by atoms with Crippen LogP contribution >= 0.6 is 11.3 Å². The van der Waals surface area contributed by atoms with Crippen LogP contribution in [0.15, 0.2) is 12.1 Å². The van der Waals surface area contributed by atoms with E-state index in [9.17, 15) is 0 Å². The van der Waals surface area contributed by atoms with Gasteiger partial charge in [-0.15, -0.1) is 11.3 Å². The van der Waals surface area contributed by atoms with Crippen LogP contribution in [0.25, 0.3) is 0 Å². The summed E-state index contributed by atoms with van der Waals surface area (Å²) in [7, 11) is 0. The third-order valence-corrected chi connectivity index (χ3v) is 3.50. The molecule has 2 nitrogen and oxygen atoms in total. The van der Waals surface area contributed by atoms with Crippen LogP contribution in [0.5, 0.6) is 5.06 Å². The quantitative estimate of drug-likeness (QED) is 0.826. The lowest BCUT2D eigenvalue weighted by atomic mass is 10.0. The highest BCUT2D eigenvalue weighted by Crippen LogP contribution is 2.30. The second kappa shape index (κ2) is 3.91. The van der Waals surface area contributed by atoms with Crippen LogP contribution in [-0.4, -0.2) is 18.7 Å². The van der Waals surface area contributed by atoms with Gasteiger partial charge >= 0.3 is 0 Å². The van der Waals surface area contributed by atoms with Crippen molar-refractivity contribution >= 4 is 11.3 Å². The van der Waals surface area contributed by atoms with Crippen LogP contribution < -0.4 is 10.1 Å². The molecule has 0 atom stereocenters. The van der Waals surface area contributed by atoms with Gasteiger partial charge < -0.3 is 10.1 Å². The molecule has 2 rings (SSSR count). The zero-order valence-corrected chi connectivity index (χ0v) is 9.62. The summed E-state index contributed by atoms with van der Waals surface area (Å²) in [5, 5.41) is 4.30. The van der Waals surface area contributed by atoms with E-state index < -0.39 is 0 Å². The minimum atomic E-state index is 0.0360. The van der Waals surface area contributed by atoms with Crippen LogP contribution in [0, 0.1) is 0 Å². The van der Waals surface area contributed by atoms with Crippen LogP contribution in [0.4, 0.5) is 0 Å². The Hall–Kier alpha value is -0.540. The largest absolute Gasteiger partial charge is 0.475 e. The number of aryl methyl sites for hydroxylation is 1. The molecule has 0 radical (unpaired) electrons. The predicted octanol–water partition coefficient (Wildman–Crippen LogP) is 2.44. The minimum absolute atomic E-state index is 0.0360. The molecule has 1 aliphatic heterocycles. The summed E-state index contributed by atoms with van der Waals surface area (Å²) in [6, 6.07) is 4.28. The Morgan fingerprint density at radius 3 is 2.86 bits per heavy atom. The summed E-state index contributed by atoms with van der Waals surface area (Å²) in [6.45, 7) is 6.29. The Labute approximate surface area is 89.3 Å². The number of ether oxygens (including phenoxy) is 1. The van der Waals surface area contributed by atoms with Gasteiger partial charge in [-0.25, -0.2) is 0 Å². The standard InChI is InChI=1S/C11H17NOS/c1-3-4-9-5-6-10(14-9)13-11(2)7-12-8-11/h5-6,12H,3-4,7-8H2,1-2H3. The summed E-state index contributed by atoms with van der Waals surface area (Å²) in [5.74, 6) is 0. The van der Waals surface area contributed by atoms with E-state index in [4.69, 9.17) is 4.74 Å². The molecule has 1 saturated heterocycles. The Morgan fingerprint density at radius 2 is 2.29 bits per heavy atom. The first-order chi connectivity index (χ1) is 6.72. The van der Waals surface area contributed by atoms with E-state index in [1.807, 2.05) is 0 Å². The second-order valence-corrected chi connectivity index (χ2v) is 5.26. The van der Waals surface area contributed by atoms with Crippen LogP contribution in [0.2, 0.25) is 0 Å². The highest BCUT2D eigenvalue weighted by Gasteiger charge is 2.34. The Morgan fingerprint density at radius 1 is 1.50 bits per heavy atom. The fourth-order valence-electron chi connectivity index (χ4n) is 1.59. The maximum Gasteiger partial charge on any atom is 0.174 e. The summed E-state index contributed by atoms with van der Waals surface area (Å²) in [4.78, 5) is 1.43. The highest BCUT2D eigenvalue weighted by atomic mass is 32.1. The van der Waals surface area contributed by atoms with Crippen molar-refractivity contribution in [3.8, 4) is 5.06 Å². The highest BCUT2D eigenvalue weighted by molar-refractivity contribution is 7.13. The fraction of sp³-hybridized carbons (Fsp3) is 0.636. The molecule has 0 unspecified atom stereocenters. The molecule has 0 saturated carbocycles. The smallest absolute Gasteiger partial charge is 0.174 e. The van der Waals surface area contributed by atoms with Gasteiger partial charge in [-0.3, -0.25) is 0 Å². The molecule has 1 aliphatic rings. The summed E-state index contributed by atoms with van der Waals surface area (Å²) < 4.78 is 5.92. The van der Waals surface area contributed by atoms with E-state index in [1.54, 1.807) is 11.3 Å². The molecule has 0 spiro atoms. The first kappa shape index (κ1) is 9.99. The lowest BCUT2D eigenvalue weighted by Gasteiger charge is -2.38. The molecule has 0 aromatic carbocycles. The molecule has 1 fully saturated rings. The molecule has 1 aromatic heterocycles. The predicted molar refractivity (Wildman–Crippen MR) is 60.2 cm³/mol. The van der Waals surface area contributed by atoms with E-state index in [2.05, 4.69) is 31.3 Å². The van der Waals surface area contributed by atoms with Crippen molar-refractivity contribution in [1.82, 2.24) is 5.32 Å². The maximum atomic E-state index is 5.92. The van der Waals surface area contributed by atoms with Gasteiger partial charge in [0.25, 0.3) is 0 Å². The number of hydrogen-bond donors (Lipinski definition) is 1. The van der Waals surface area contributed by atoms with Gasteiger partial charge in [0.15, 0.2) is 5.06 Å². The first-order valence-electron chi connectivity index (χ1n) is 5.20. The molecule has 0 amide bonds. The van der Waals surface area contributed by atoms with Crippen molar-refractivity contribution in [2.45, 2.75) is 32.3 Å². The van der Waals surface area contributed by atoms with Gasteiger partial charge in [0.2, 0.25) is 0 Å². The molecule has 78 valence electrons. The molecule has 0 aliphatic carbocycles. The summed E-state index contributed by atoms with van der Waals surface area (Å²) in [5.41, 5.74) is 0.0360. The normalized spacial score (nSPS) is 19.0. The molecule has 0 bridgehead atoms. The van der Waals surface area contributed by atoms with Crippen molar-refractivity contribution in [2.24, 2.45) is 0 Å². The van der Waals surface area contributed by atoms with Crippen molar-refractivity contribution in [3.05, 3.63) is 17.0 Å². The van der Waals surface area contributed by atoms with E-state index in [1.165, 1.54) is 17.7 Å². The van der Waals surface area contributed by atoms with Gasteiger partial charge in [-0.2, -0.15) is 0 Å². The monoisotopic (exact) mass is 211 g/mol. The Bertz CT molecular complexity index is 304. The number of rotatable bonds is 4. The third kappa shape index (κ3) is 2.10. The van der Waals surface area contributed by atoms with Crippen molar-refractivity contribution in [3.63, 3.8) is 0 Å². The second-order valence-electron chi connectivity index (χ2n) is 4.13. The molecule has 3 heteroatoms. The SMILES string of the molecule is CCCc1ccc(OC2(C)CNC2)s1. The average Bonchev–Trinajstić information content (AvgIpc) is 2.51. The minimum Gasteiger partial charge on any atom is -0.475 e. The van der Waals surface area contributed by atoms with Crippen LogP contribution in [-0.2, 0) is 6.42 Å². The third-order valence-electron chi connectivity index (χ3n) is 2.48. The Balaban J connectivity index is 1.95. The number of nitrogens with one attached hydrogen (secondary N) is 1. The van der Waals surface area contributed by atoms with Crippen molar-refractivity contribution < 1.29 is 4.74 Å². The van der Waals surface area contributed by atoms with E-state index in [0.717, 1.165) is 18.2 Å². The van der Waals surface area contributed by atoms with E-state index in [0.29, 0.717) is 0 Å². The number of thiophene rings is 1. The van der Waals surface area contributed by atoms with Crippen molar-refractivity contribution in [2.75, 3.05) is 13.1 Å². The van der Waals surface area contributed by atoms with Crippen LogP contribution in [0.1, 0.15) is 25.1 Å². The van der Waals surface area contributed by atoms with Gasteiger partial charge in [-0.1, -0.05) is 13.3 Å². The molecule has 1 N–H and O–H groups in total. The van der Waals surface area contributed by atoms with Gasteiger partial charge in [0, 0.05) is 18.0 Å². The van der Waals surface area contributed by atoms with Gasteiger partial charge in [0.05, 0.1) is 0 Å². The average molecular weight is 211 g/mol. The topological polar surface area (TPSA) is 21.3 Å².